The summed E-state index contributed by atoms with van der Waals surface area (Å²) in [5.74, 6) is 1.88. The molecule has 3 nitrogen and oxygen atoms in total. The standard InChI is InChI=1S/C15H22N2O/c1-18-14-6-2-12(3-7-14)11-17-9-8-16-10-15(17)13-4-5-13/h2-3,6-7,13,15-16H,4-5,8-11H2,1H3. The van der Waals surface area contributed by atoms with Crippen LogP contribution in [-0.2, 0) is 6.54 Å². The molecule has 1 aromatic carbocycles. The van der Waals surface area contributed by atoms with Gasteiger partial charge in [-0.05, 0) is 36.5 Å². The summed E-state index contributed by atoms with van der Waals surface area (Å²) in [6.45, 7) is 4.54. The lowest BCUT2D eigenvalue weighted by Gasteiger charge is -2.36. The Morgan fingerprint density at radius 3 is 2.72 bits per heavy atom. The first-order valence-electron chi connectivity index (χ1n) is 6.94. The van der Waals surface area contributed by atoms with E-state index in [1.807, 2.05) is 0 Å². The molecule has 2 fully saturated rings. The van der Waals surface area contributed by atoms with Crippen LogP contribution in [0.5, 0.6) is 5.75 Å². The lowest BCUT2D eigenvalue weighted by atomic mass is 10.1. The van der Waals surface area contributed by atoms with Crippen molar-refractivity contribution in [3.63, 3.8) is 0 Å². The van der Waals surface area contributed by atoms with Crippen LogP contribution in [0.2, 0.25) is 0 Å². The first kappa shape index (κ1) is 12.0. The van der Waals surface area contributed by atoms with E-state index in [4.69, 9.17) is 4.74 Å². The summed E-state index contributed by atoms with van der Waals surface area (Å²) in [7, 11) is 1.72. The molecule has 1 saturated heterocycles. The van der Waals surface area contributed by atoms with Gasteiger partial charge in [-0.25, -0.2) is 0 Å². The Labute approximate surface area is 109 Å². The van der Waals surface area contributed by atoms with Gasteiger partial charge in [0.2, 0.25) is 0 Å². The summed E-state index contributed by atoms with van der Waals surface area (Å²) in [5.41, 5.74) is 1.39. The second-order valence-corrected chi connectivity index (χ2v) is 5.43. The molecule has 3 rings (SSSR count). The van der Waals surface area contributed by atoms with Crippen molar-refractivity contribution in [1.29, 1.82) is 0 Å². The third-order valence-electron chi connectivity index (χ3n) is 4.11. The quantitative estimate of drug-likeness (QED) is 0.878. The molecular formula is C15H22N2O. The van der Waals surface area contributed by atoms with E-state index in [9.17, 15) is 0 Å². The van der Waals surface area contributed by atoms with Crippen LogP contribution in [0.25, 0.3) is 0 Å². The zero-order valence-electron chi connectivity index (χ0n) is 11.1. The molecule has 1 heterocycles. The van der Waals surface area contributed by atoms with E-state index in [1.54, 1.807) is 7.11 Å². The number of benzene rings is 1. The predicted molar refractivity (Wildman–Crippen MR) is 72.8 cm³/mol. The highest BCUT2D eigenvalue weighted by atomic mass is 16.5. The van der Waals surface area contributed by atoms with Crippen molar-refractivity contribution < 1.29 is 4.74 Å². The van der Waals surface area contributed by atoms with Crippen LogP contribution in [0.3, 0.4) is 0 Å². The van der Waals surface area contributed by atoms with Gasteiger partial charge in [0.1, 0.15) is 5.75 Å². The second-order valence-electron chi connectivity index (χ2n) is 5.43. The maximum Gasteiger partial charge on any atom is 0.118 e. The summed E-state index contributed by atoms with van der Waals surface area (Å²) in [5, 5.41) is 3.53. The van der Waals surface area contributed by atoms with Gasteiger partial charge in [0.05, 0.1) is 7.11 Å². The summed E-state index contributed by atoms with van der Waals surface area (Å²) in [6, 6.07) is 9.24. The van der Waals surface area contributed by atoms with Gasteiger partial charge in [0, 0.05) is 32.2 Å². The molecule has 98 valence electrons. The maximum atomic E-state index is 5.20. The Morgan fingerprint density at radius 2 is 2.06 bits per heavy atom. The summed E-state index contributed by atoms with van der Waals surface area (Å²) >= 11 is 0. The summed E-state index contributed by atoms with van der Waals surface area (Å²) in [4.78, 5) is 2.65. The van der Waals surface area contributed by atoms with Gasteiger partial charge in [-0.2, -0.15) is 0 Å². The van der Waals surface area contributed by atoms with Crippen LogP contribution < -0.4 is 10.1 Å². The van der Waals surface area contributed by atoms with Gasteiger partial charge < -0.3 is 10.1 Å². The van der Waals surface area contributed by atoms with Crippen molar-refractivity contribution >= 4 is 0 Å². The van der Waals surface area contributed by atoms with Crippen LogP contribution in [0, 0.1) is 5.92 Å². The fourth-order valence-electron chi connectivity index (χ4n) is 2.88. The van der Waals surface area contributed by atoms with E-state index in [0.717, 1.165) is 30.8 Å². The molecule has 1 aliphatic carbocycles. The van der Waals surface area contributed by atoms with E-state index in [2.05, 4.69) is 34.5 Å². The monoisotopic (exact) mass is 246 g/mol. The molecule has 1 saturated carbocycles. The fraction of sp³-hybridized carbons (Fsp3) is 0.600. The molecule has 1 unspecified atom stereocenters. The largest absolute Gasteiger partial charge is 0.497 e. The van der Waals surface area contributed by atoms with Gasteiger partial charge in [-0.3, -0.25) is 4.90 Å². The average molecular weight is 246 g/mol. The third kappa shape index (κ3) is 2.68. The van der Waals surface area contributed by atoms with Gasteiger partial charge in [-0.1, -0.05) is 12.1 Å². The fourth-order valence-corrected chi connectivity index (χ4v) is 2.88. The van der Waals surface area contributed by atoms with E-state index in [1.165, 1.54) is 31.5 Å². The highest BCUT2D eigenvalue weighted by molar-refractivity contribution is 5.27. The molecule has 0 bridgehead atoms. The van der Waals surface area contributed by atoms with E-state index in [-0.39, 0.29) is 0 Å². The van der Waals surface area contributed by atoms with Gasteiger partial charge in [-0.15, -0.1) is 0 Å². The molecule has 0 amide bonds. The lowest BCUT2D eigenvalue weighted by Crippen LogP contribution is -2.51. The minimum Gasteiger partial charge on any atom is -0.497 e. The molecular weight excluding hydrogens is 224 g/mol. The second kappa shape index (κ2) is 5.29. The Bertz CT molecular complexity index is 386. The molecule has 1 aromatic rings. The van der Waals surface area contributed by atoms with Gasteiger partial charge >= 0.3 is 0 Å². The van der Waals surface area contributed by atoms with E-state index < -0.39 is 0 Å². The minimum atomic E-state index is 0.751. The van der Waals surface area contributed by atoms with Crippen LogP contribution in [0.1, 0.15) is 18.4 Å². The van der Waals surface area contributed by atoms with Crippen molar-refractivity contribution in [2.45, 2.75) is 25.4 Å². The molecule has 0 spiro atoms. The first-order valence-corrected chi connectivity index (χ1v) is 6.94. The molecule has 3 heteroatoms. The minimum absolute atomic E-state index is 0.751. The Hall–Kier alpha value is -1.06. The average Bonchev–Trinajstić information content (AvgIpc) is 3.25. The highest BCUT2D eigenvalue weighted by Gasteiger charge is 2.36. The number of ether oxygens (including phenoxy) is 1. The number of hydrogen-bond donors (Lipinski definition) is 1. The topological polar surface area (TPSA) is 24.5 Å². The Kier molecular flexibility index (Phi) is 3.52. The van der Waals surface area contributed by atoms with Crippen molar-refractivity contribution in [2.75, 3.05) is 26.7 Å². The molecule has 1 N–H and O–H groups in total. The number of nitrogens with zero attached hydrogens (tertiary/aromatic N) is 1. The molecule has 0 radical (unpaired) electrons. The number of methoxy groups -OCH3 is 1. The van der Waals surface area contributed by atoms with Crippen molar-refractivity contribution in [1.82, 2.24) is 10.2 Å². The molecule has 2 aliphatic rings. The smallest absolute Gasteiger partial charge is 0.118 e. The van der Waals surface area contributed by atoms with Crippen LogP contribution in [-0.4, -0.2) is 37.7 Å². The normalized spacial score (nSPS) is 25.1. The number of piperazine rings is 1. The van der Waals surface area contributed by atoms with Crippen molar-refractivity contribution in [2.24, 2.45) is 5.92 Å². The number of rotatable bonds is 4. The van der Waals surface area contributed by atoms with Crippen LogP contribution >= 0.6 is 0 Å². The van der Waals surface area contributed by atoms with Gasteiger partial charge in [0.15, 0.2) is 0 Å². The SMILES string of the molecule is COc1ccc(CN2CCNCC2C2CC2)cc1. The lowest BCUT2D eigenvalue weighted by molar-refractivity contribution is 0.135. The number of hydrogen-bond acceptors (Lipinski definition) is 3. The predicted octanol–water partition coefficient (Wildman–Crippen LogP) is 1.88. The Morgan fingerprint density at radius 1 is 1.28 bits per heavy atom. The van der Waals surface area contributed by atoms with Crippen molar-refractivity contribution in [3.05, 3.63) is 29.8 Å². The molecule has 18 heavy (non-hydrogen) atoms. The van der Waals surface area contributed by atoms with Crippen LogP contribution in [0.15, 0.2) is 24.3 Å². The number of nitrogens with one attached hydrogen (secondary N) is 1. The van der Waals surface area contributed by atoms with Gasteiger partial charge in [0.25, 0.3) is 0 Å². The Balaban J connectivity index is 1.65. The third-order valence-corrected chi connectivity index (χ3v) is 4.11. The zero-order valence-corrected chi connectivity index (χ0v) is 11.1. The van der Waals surface area contributed by atoms with Crippen molar-refractivity contribution in [3.8, 4) is 5.75 Å². The van der Waals surface area contributed by atoms with Crippen LogP contribution in [0.4, 0.5) is 0 Å². The molecule has 1 aliphatic heterocycles. The van der Waals surface area contributed by atoms with E-state index >= 15 is 0 Å². The maximum absolute atomic E-state index is 5.20. The molecule has 0 aromatic heterocycles. The first-order chi connectivity index (χ1) is 8.86. The highest BCUT2D eigenvalue weighted by Crippen LogP contribution is 2.36. The molecule has 1 atom stereocenters. The van der Waals surface area contributed by atoms with E-state index in [0.29, 0.717) is 0 Å². The summed E-state index contributed by atoms with van der Waals surface area (Å²) in [6.07, 6.45) is 2.84. The zero-order chi connectivity index (χ0) is 12.4. The summed E-state index contributed by atoms with van der Waals surface area (Å²) < 4.78 is 5.20.